The number of hydrogen-bond donors (Lipinski definition) is 2. The molecule has 1 aromatic carbocycles. The molecule has 2 saturated heterocycles. The zero-order valence-electron chi connectivity index (χ0n) is 13.4. The zero-order valence-corrected chi connectivity index (χ0v) is 15.9. The molecule has 0 aliphatic carbocycles. The fourth-order valence-corrected chi connectivity index (χ4v) is 3.78. The minimum absolute atomic E-state index is 0. The number of piperazine rings is 1. The molecule has 2 atom stereocenters. The average Bonchev–Trinajstić information content (AvgIpc) is 3.13. The first-order valence-electron chi connectivity index (χ1n) is 7.94. The van der Waals surface area contributed by atoms with Crippen LogP contribution in [0.4, 0.5) is 5.69 Å². The lowest BCUT2D eigenvalue weighted by Crippen LogP contribution is -2.61. The molecule has 0 saturated carbocycles. The predicted molar refractivity (Wildman–Crippen MR) is 104 cm³/mol. The van der Waals surface area contributed by atoms with Crippen molar-refractivity contribution in [2.75, 3.05) is 31.2 Å². The monoisotopic (exact) mass is 394 g/mol. The van der Waals surface area contributed by atoms with Crippen LogP contribution in [-0.4, -0.2) is 49.1 Å². The summed E-state index contributed by atoms with van der Waals surface area (Å²) in [6, 6.07) is 8.84. The van der Waals surface area contributed by atoms with E-state index >= 15 is 0 Å². The van der Waals surface area contributed by atoms with Crippen LogP contribution in [-0.2, 0) is 11.2 Å². The average molecular weight is 396 g/mol. The Morgan fingerprint density at radius 1 is 1.17 bits per heavy atom. The Balaban J connectivity index is 0.000000960. The van der Waals surface area contributed by atoms with E-state index in [1.54, 1.807) is 0 Å². The maximum absolute atomic E-state index is 12.5. The van der Waals surface area contributed by atoms with Gasteiger partial charge in [0.05, 0.1) is 5.69 Å². The largest absolute Gasteiger partial charge is 0.303 e. The van der Waals surface area contributed by atoms with E-state index in [9.17, 15) is 4.79 Å². The summed E-state index contributed by atoms with van der Waals surface area (Å²) in [5, 5.41) is 5.40. The van der Waals surface area contributed by atoms with Gasteiger partial charge in [0, 0.05) is 25.7 Å². The molecule has 3 heterocycles. The van der Waals surface area contributed by atoms with E-state index < -0.39 is 0 Å². The number of nitrogens with zero attached hydrogens (tertiary/aromatic N) is 2. The van der Waals surface area contributed by atoms with Gasteiger partial charge in [-0.15, -0.1) is 37.2 Å². The summed E-state index contributed by atoms with van der Waals surface area (Å²) in [6.07, 6.45) is 3.53. The molecule has 4 rings (SSSR count). The van der Waals surface area contributed by atoms with Gasteiger partial charge < -0.3 is 5.32 Å². The molecule has 3 aliphatic rings. The SMILES string of the molecule is Cl.Cl.Cl.O=C(NN1CCc2ccccc21)C1CN2CCCC2CN1. The molecule has 0 bridgehead atoms. The fraction of sp³-hybridized carbons (Fsp3) is 0.562. The molecule has 0 aromatic heterocycles. The Morgan fingerprint density at radius 3 is 2.79 bits per heavy atom. The number of halogens is 3. The molecule has 2 fully saturated rings. The van der Waals surface area contributed by atoms with Crippen molar-refractivity contribution in [3.63, 3.8) is 0 Å². The molecule has 1 aromatic rings. The number of carbonyl (C=O) groups is 1. The second-order valence-electron chi connectivity index (χ2n) is 6.26. The van der Waals surface area contributed by atoms with Crippen LogP contribution in [0.5, 0.6) is 0 Å². The number of hydrazine groups is 1. The van der Waals surface area contributed by atoms with Crippen LogP contribution in [0.1, 0.15) is 18.4 Å². The highest BCUT2D eigenvalue weighted by Gasteiger charge is 2.35. The molecule has 136 valence electrons. The highest BCUT2D eigenvalue weighted by molar-refractivity contribution is 5.86. The second-order valence-corrected chi connectivity index (χ2v) is 6.26. The van der Waals surface area contributed by atoms with Crippen molar-refractivity contribution in [2.45, 2.75) is 31.3 Å². The first-order valence-corrected chi connectivity index (χ1v) is 7.94. The van der Waals surface area contributed by atoms with E-state index in [1.807, 2.05) is 11.1 Å². The molecule has 0 spiro atoms. The van der Waals surface area contributed by atoms with E-state index in [4.69, 9.17) is 0 Å². The van der Waals surface area contributed by atoms with Gasteiger partial charge in [0.25, 0.3) is 5.91 Å². The number of fused-ring (bicyclic) bond motifs is 2. The van der Waals surface area contributed by atoms with Crippen LogP contribution in [0, 0.1) is 0 Å². The summed E-state index contributed by atoms with van der Waals surface area (Å²) in [5.41, 5.74) is 5.54. The molecule has 1 amide bonds. The summed E-state index contributed by atoms with van der Waals surface area (Å²) in [6.45, 7) is 3.79. The van der Waals surface area contributed by atoms with E-state index in [2.05, 4.69) is 33.8 Å². The standard InChI is InChI=1S/C16H22N4O.3ClH/c21-16(14-11-19-8-3-5-13(19)10-17-14)18-20-9-7-12-4-1-2-6-15(12)20;;;/h1-2,4,6,13-14,17H,3,5,7-11H2,(H,18,21);3*1H. The smallest absolute Gasteiger partial charge is 0.256 e. The molecule has 2 N–H and O–H groups in total. The van der Waals surface area contributed by atoms with Gasteiger partial charge in [0.2, 0.25) is 0 Å². The third-order valence-corrected chi connectivity index (χ3v) is 4.96. The van der Waals surface area contributed by atoms with Crippen molar-refractivity contribution in [3.05, 3.63) is 29.8 Å². The van der Waals surface area contributed by atoms with Gasteiger partial charge in [0.1, 0.15) is 6.04 Å². The van der Waals surface area contributed by atoms with E-state index in [0.717, 1.165) is 38.3 Å². The fourth-order valence-electron chi connectivity index (χ4n) is 3.78. The number of nitrogens with one attached hydrogen (secondary N) is 2. The van der Waals surface area contributed by atoms with Crippen molar-refractivity contribution in [3.8, 4) is 0 Å². The summed E-state index contributed by atoms with van der Waals surface area (Å²) in [5.74, 6) is 0.0945. The lowest BCUT2D eigenvalue weighted by atomic mass is 10.1. The summed E-state index contributed by atoms with van der Waals surface area (Å²) < 4.78 is 0. The second kappa shape index (κ2) is 9.11. The zero-order chi connectivity index (χ0) is 14.2. The Bertz CT molecular complexity index is 560. The lowest BCUT2D eigenvalue weighted by Gasteiger charge is -2.36. The number of anilines is 1. The third-order valence-electron chi connectivity index (χ3n) is 4.96. The maximum atomic E-state index is 12.5. The van der Waals surface area contributed by atoms with Crippen molar-refractivity contribution in [1.82, 2.24) is 15.6 Å². The van der Waals surface area contributed by atoms with Gasteiger partial charge in [-0.05, 0) is 37.4 Å². The molecule has 2 unspecified atom stereocenters. The van der Waals surface area contributed by atoms with E-state index in [0.29, 0.717) is 6.04 Å². The van der Waals surface area contributed by atoms with Gasteiger partial charge >= 0.3 is 0 Å². The van der Waals surface area contributed by atoms with Crippen LogP contribution >= 0.6 is 37.2 Å². The molecule has 24 heavy (non-hydrogen) atoms. The van der Waals surface area contributed by atoms with Crippen LogP contribution in [0.25, 0.3) is 0 Å². The molecular formula is C16H25Cl3N4O. The molecule has 0 radical (unpaired) electrons. The first kappa shape index (κ1) is 21.3. The minimum Gasteiger partial charge on any atom is -0.303 e. The van der Waals surface area contributed by atoms with E-state index in [1.165, 1.54) is 18.4 Å². The van der Waals surface area contributed by atoms with Gasteiger partial charge in [-0.2, -0.15) is 0 Å². The van der Waals surface area contributed by atoms with Gasteiger partial charge in [0.15, 0.2) is 0 Å². The number of rotatable bonds is 2. The summed E-state index contributed by atoms with van der Waals surface area (Å²) in [4.78, 5) is 15.0. The number of carbonyl (C=O) groups excluding carboxylic acids is 1. The Hall–Kier alpha value is -0.720. The molecule has 3 aliphatic heterocycles. The Morgan fingerprint density at radius 2 is 1.96 bits per heavy atom. The van der Waals surface area contributed by atoms with Gasteiger partial charge in [-0.3, -0.25) is 20.1 Å². The van der Waals surface area contributed by atoms with Crippen LogP contribution < -0.4 is 15.8 Å². The molecule has 8 heteroatoms. The Kier molecular flexibility index (Phi) is 8.09. The van der Waals surface area contributed by atoms with Gasteiger partial charge in [-0.1, -0.05) is 18.2 Å². The number of hydrogen-bond acceptors (Lipinski definition) is 4. The quantitative estimate of drug-likeness (QED) is 0.801. The topological polar surface area (TPSA) is 47.6 Å². The molecule has 5 nitrogen and oxygen atoms in total. The highest BCUT2D eigenvalue weighted by atomic mass is 35.5. The Labute approximate surface area is 161 Å². The summed E-state index contributed by atoms with van der Waals surface area (Å²) >= 11 is 0. The normalized spacial score (nSPS) is 24.8. The maximum Gasteiger partial charge on any atom is 0.256 e. The van der Waals surface area contributed by atoms with Gasteiger partial charge in [-0.25, -0.2) is 0 Å². The third kappa shape index (κ3) is 4.09. The molecular weight excluding hydrogens is 371 g/mol. The first-order chi connectivity index (χ1) is 10.3. The van der Waals surface area contributed by atoms with Crippen molar-refractivity contribution >= 4 is 48.8 Å². The van der Waals surface area contributed by atoms with Crippen LogP contribution in [0.15, 0.2) is 24.3 Å². The van der Waals surface area contributed by atoms with Crippen molar-refractivity contribution < 1.29 is 4.79 Å². The van der Waals surface area contributed by atoms with Crippen LogP contribution in [0.2, 0.25) is 0 Å². The highest BCUT2D eigenvalue weighted by Crippen LogP contribution is 2.26. The van der Waals surface area contributed by atoms with E-state index in [-0.39, 0.29) is 49.2 Å². The van der Waals surface area contributed by atoms with Crippen LogP contribution in [0.3, 0.4) is 0 Å². The predicted octanol–water partition coefficient (Wildman–Crippen LogP) is 1.78. The lowest BCUT2D eigenvalue weighted by molar-refractivity contribution is -0.124. The minimum atomic E-state index is -0.0906. The number of benzene rings is 1. The number of para-hydroxylation sites is 1. The van der Waals surface area contributed by atoms with Crippen molar-refractivity contribution in [2.24, 2.45) is 0 Å². The summed E-state index contributed by atoms with van der Waals surface area (Å²) in [7, 11) is 0. The number of amides is 1. The van der Waals surface area contributed by atoms with Crippen molar-refractivity contribution in [1.29, 1.82) is 0 Å².